The number of carbonyl (C=O) groups is 2. The highest BCUT2D eigenvalue weighted by molar-refractivity contribution is 6.00. The highest BCUT2D eigenvalue weighted by Crippen LogP contribution is 2.43. The van der Waals surface area contributed by atoms with Crippen LogP contribution in [0.15, 0.2) is 42.5 Å². The number of fused-ring (bicyclic) bond motifs is 1. The highest BCUT2D eigenvalue weighted by Gasteiger charge is 2.44. The first-order valence-corrected chi connectivity index (χ1v) is 11.6. The molecule has 2 aromatic rings. The number of carbonyl (C=O) groups excluding carboxylic acids is 2. The van der Waals surface area contributed by atoms with Crippen LogP contribution in [-0.2, 0) is 26.9 Å². The van der Waals surface area contributed by atoms with Crippen LogP contribution in [0.1, 0.15) is 42.9 Å². The van der Waals surface area contributed by atoms with Gasteiger partial charge in [-0.1, -0.05) is 25.1 Å². The molecule has 2 aromatic carbocycles. The van der Waals surface area contributed by atoms with Gasteiger partial charge in [0.1, 0.15) is 5.75 Å². The molecule has 0 radical (unpaired) electrons. The Morgan fingerprint density at radius 3 is 2.40 bits per heavy atom. The third-order valence-corrected chi connectivity index (χ3v) is 6.19. The third-order valence-electron chi connectivity index (χ3n) is 6.19. The standard InChI is InChI=1S/C26H31F3N2O4/c1-5-13-30(3)14-15-31-23-8-6-7-22(26(27,28)29)21(23)16-20(24(25(31)33)35-17(2)32)18-9-11-19(34-4)12-10-18/h6-12,20,24H,5,13-16H2,1-4H3/t20-,24+/m0/s1. The molecule has 2 atom stereocenters. The van der Waals surface area contributed by atoms with Crippen LogP contribution in [-0.4, -0.2) is 56.7 Å². The lowest BCUT2D eigenvalue weighted by molar-refractivity contribution is -0.154. The number of nitrogens with zero attached hydrogens (tertiary/aromatic N) is 2. The molecule has 0 saturated carbocycles. The minimum Gasteiger partial charge on any atom is -0.497 e. The van der Waals surface area contributed by atoms with E-state index < -0.39 is 35.6 Å². The molecule has 0 N–H and O–H groups in total. The molecule has 190 valence electrons. The lowest BCUT2D eigenvalue weighted by atomic mass is 9.86. The van der Waals surface area contributed by atoms with Gasteiger partial charge in [-0.3, -0.25) is 9.59 Å². The number of anilines is 1. The predicted molar refractivity (Wildman–Crippen MR) is 127 cm³/mol. The maximum atomic E-state index is 14.1. The van der Waals surface area contributed by atoms with Gasteiger partial charge in [0.15, 0.2) is 6.10 Å². The van der Waals surface area contributed by atoms with Crippen molar-refractivity contribution in [2.24, 2.45) is 0 Å². The Hall–Kier alpha value is -3.07. The summed E-state index contributed by atoms with van der Waals surface area (Å²) in [4.78, 5) is 29.2. The number of hydrogen-bond donors (Lipinski definition) is 0. The minimum atomic E-state index is -4.61. The predicted octanol–water partition coefficient (Wildman–Crippen LogP) is 4.66. The van der Waals surface area contributed by atoms with E-state index in [-0.39, 0.29) is 24.2 Å². The first-order chi connectivity index (χ1) is 16.6. The third kappa shape index (κ3) is 6.14. The molecule has 0 bridgehead atoms. The van der Waals surface area contributed by atoms with Crippen LogP contribution in [0.2, 0.25) is 0 Å². The molecule has 35 heavy (non-hydrogen) atoms. The van der Waals surface area contributed by atoms with Crippen molar-refractivity contribution in [3.05, 3.63) is 59.2 Å². The van der Waals surface area contributed by atoms with E-state index in [1.165, 1.54) is 31.1 Å². The molecule has 0 fully saturated rings. The number of benzene rings is 2. The van der Waals surface area contributed by atoms with E-state index in [4.69, 9.17) is 9.47 Å². The number of alkyl halides is 3. The van der Waals surface area contributed by atoms with Gasteiger partial charge in [-0.15, -0.1) is 0 Å². The Morgan fingerprint density at radius 2 is 1.83 bits per heavy atom. The second kappa shape index (κ2) is 11.1. The fourth-order valence-electron chi connectivity index (χ4n) is 4.53. The first kappa shape index (κ1) is 26.5. The molecule has 1 aliphatic heterocycles. The monoisotopic (exact) mass is 492 g/mol. The van der Waals surface area contributed by atoms with Crippen LogP contribution < -0.4 is 9.64 Å². The quantitative estimate of drug-likeness (QED) is 0.502. The fraction of sp³-hybridized carbons (Fsp3) is 0.462. The molecule has 0 unspecified atom stereocenters. The second-order valence-electron chi connectivity index (χ2n) is 8.71. The minimum absolute atomic E-state index is 0.0157. The van der Waals surface area contributed by atoms with Crippen LogP contribution in [0, 0.1) is 0 Å². The summed E-state index contributed by atoms with van der Waals surface area (Å²) in [5.41, 5.74) is -0.000157. The van der Waals surface area contributed by atoms with E-state index in [1.807, 2.05) is 18.9 Å². The summed E-state index contributed by atoms with van der Waals surface area (Å²) in [5, 5.41) is 0. The van der Waals surface area contributed by atoms with Gasteiger partial charge in [-0.05, 0) is 61.8 Å². The Labute approximate surface area is 203 Å². The normalized spacial score (nSPS) is 18.3. The Balaban J connectivity index is 2.16. The van der Waals surface area contributed by atoms with Gasteiger partial charge >= 0.3 is 12.1 Å². The van der Waals surface area contributed by atoms with E-state index in [9.17, 15) is 22.8 Å². The van der Waals surface area contributed by atoms with Gasteiger partial charge in [-0.25, -0.2) is 0 Å². The molecule has 0 spiro atoms. The molecule has 1 heterocycles. The van der Waals surface area contributed by atoms with Crippen molar-refractivity contribution in [1.82, 2.24) is 4.90 Å². The molecule has 9 heteroatoms. The van der Waals surface area contributed by atoms with Crippen molar-refractivity contribution >= 4 is 17.6 Å². The van der Waals surface area contributed by atoms with Gasteiger partial charge in [0.05, 0.1) is 12.7 Å². The molecule has 1 amide bonds. The van der Waals surface area contributed by atoms with E-state index in [1.54, 1.807) is 24.3 Å². The average molecular weight is 493 g/mol. The maximum absolute atomic E-state index is 14.1. The van der Waals surface area contributed by atoms with Crippen LogP contribution in [0.3, 0.4) is 0 Å². The van der Waals surface area contributed by atoms with Gasteiger partial charge in [0.2, 0.25) is 0 Å². The smallest absolute Gasteiger partial charge is 0.416 e. The van der Waals surface area contributed by atoms with Crippen molar-refractivity contribution in [2.45, 2.75) is 44.9 Å². The molecule has 0 aromatic heterocycles. The van der Waals surface area contributed by atoms with Gasteiger partial charge in [-0.2, -0.15) is 13.2 Å². The van der Waals surface area contributed by atoms with Crippen molar-refractivity contribution in [3.63, 3.8) is 0 Å². The summed E-state index contributed by atoms with van der Waals surface area (Å²) in [6.45, 7) is 4.61. The SMILES string of the molecule is CCCN(C)CCN1C(=O)[C@H](OC(C)=O)[C@H](c2ccc(OC)cc2)Cc2c1cccc2C(F)(F)F. The van der Waals surface area contributed by atoms with Crippen molar-refractivity contribution < 1.29 is 32.2 Å². The van der Waals surface area contributed by atoms with Crippen LogP contribution >= 0.6 is 0 Å². The van der Waals surface area contributed by atoms with E-state index in [0.29, 0.717) is 17.9 Å². The highest BCUT2D eigenvalue weighted by atomic mass is 19.4. The number of halogens is 3. The number of hydrogen-bond acceptors (Lipinski definition) is 5. The Morgan fingerprint density at radius 1 is 1.14 bits per heavy atom. The number of esters is 1. The lowest BCUT2D eigenvalue weighted by Gasteiger charge is -2.29. The lowest BCUT2D eigenvalue weighted by Crippen LogP contribution is -2.45. The number of ether oxygens (including phenoxy) is 2. The number of methoxy groups -OCH3 is 1. The van der Waals surface area contributed by atoms with Crippen molar-refractivity contribution in [3.8, 4) is 5.75 Å². The first-order valence-electron chi connectivity index (χ1n) is 11.6. The van der Waals surface area contributed by atoms with Crippen molar-refractivity contribution in [1.29, 1.82) is 0 Å². The zero-order valence-corrected chi connectivity index (χ0v) is 20.4. The number of amides is 1. The average Bonchev–Trinajstić information content (AvgIpc) is 2.91. The topological polar surface area (TPSA) is 59.1 Å². The fourth-order valence-corrected chi connectivity index (χ4v) is 4.53. The van der Waals surface area contributed by atoms with E-state index in [0.717, 1.165) is 19.0 Å². The van der Waals surface area contributed by atoms with Crippen LogP contribution in [0.5, 0.6) is 5.75 Å². The van der Waals surface area contributed by atoms with Crippen LogP contribution in [0.25, 0.3) is 0 Å². The Bertz CT molecular complexity index is 1040. The molecule has 3 rings (SSSR count). The zero-order chi connectivity index (χ0) is 25.8. The number of rotatable bonds is 8. The summed E-state index contributed by atoms with van der Waals surface area (Å²) in [6, 6.07) is 10.6. The molecule has 1 aliphatic rings. The van der Waals surface area contributed by atoms with Crippen molar-refractivity contribution in [2.75, 3.05) is 38.7 Å². The summed E-state index contributed by atoms with van der Waals surface area (Å²) in [7, 11) is 3.40. The number of likely N-dealkylation sites (N-methyl/N-ethyl adjacent to an activating group) is 1. The van der Waals surface area contributed by atoms with Gasteiger partial charge in [0.25, 0.3) is 5.91 Å². The van der Waals surface area contributed by atoms with Gasteiger partial charge < -0.3 is 19.3 Å². The summed E-state index contributed by atoms with van der Waals surface area (Å²) in [5.74, 6) is -1.46. The molecular formula is C26H31F3N2O4. The largest absolute Gasteiger partial charge is 0.497 e. The van der Waals surface area contributed by atoms with Gasteiger partial charge in [0, 0.05) is 31.6 Å². The maximum Gasteiger partial charge on any atom is 0.416 e. The van der Waals surface area contributed by atoms with E-state index in [2.05, 4.69) is 0 Å². The molecule has 0 aliphatic carbocycles. The molecule has 6 nitrogen and oxygen atoms in total. The zero-order valence-electron chi connectivity index (χ0n) is 20.4. The summed E-state index contributed by atoms with van der Waals surface area (Å²) >= 11 is 0. The Kier molecular flexibility index (Phi) is 8.43. The summed E-state index contributed by atoms with van der Waals surface area (Å²) < 4.78 is 52.9. The molecular weight excluding hydrogens is 461 g/mol. The van der Waals surface area contributed by atoms with Crippen LogP contribution in [0.4, 0.5) is 18.9 Å². The van der Waals surface area contributed by atoms with E-state index >= 15 is 0 Å². The second-order valence-corrected chi connectivity index (χ2v) is 8.71. The molecule has 0 saturated heterocycles. The summed E-state index contributed by atoms with van der Waals surface area (Å²) in [6.07, 6.45) is -5.10.